The predicted octanol–water partition coefficient (Wildman–Crippen LogP) is 7.44. The lowest BCUT2D eigenvalue weighted by Crippen LogP contribution is -2.13. The molecule has 0 saturated carbocycles. The molecular formula is C22H13Br3N2O. The number of carbonyl (C=O) groups is 1. The number of hydrogen-bond donors (Lipinski definition) is 1. The van der Waals surface area contributed by atoms with Gasteiger partial charge in [-0.05, 0) is 58.4 Å². The van der Waals surface area contributed by atoms with Crippen LogP contribution >= 0.6 is 47.8 Å². The molecule has 1 aromatic heterocycles. The fourth-order valence-corrected chi connectivity index (χ4v) is 4.48. The Bertz CT molecular complexity index is 1210. The highest BCUT2D eigenvalue weighted by molar-refractivity contribution is 9.11. The van der Waals surface area contributed by atoms with Crippen molar-refractivity contribution in [1.29, 1.82) is 0 Å². The summed E-state index contributed by atoms with van der Waals surface area (Å²) in [7, 11) is 0. The first-order chi connectivity index (χ1) is 13.5. The molecule has 1 heterocycles. The van der Waals surface area contributed by atoms with Gasteiger partial charge in [-0.3, -0.25) is 4.79 Å². The van der Waals surface area contributed by atoms with Crippen molar-refractivity contribution in [2.24, 2.45) is 0 Å². The summed E-state index contributed by atoms with van der Waals surface area (Å²) in [4.78, 5) is 17.9. The monoisotopic (exact) mass is 558 g/mol. The molecule has 1 amide bonds. The van der Waals surface area contributed by atoms with E-state index in [2.05, 4.69) is 53.1 Å². The number of pyridine rings is 1. The molecule has 3 nitrogen and oxygen atoms in total. The number of rotatable bonds is 3. The van der Waals surface area contributed by atoms with Gasteiger partial charge in [0.1, 0.15) is 0 Å². The molecular weight excluding hydrogens is 548 g/mol. The number of benzene rings is 3. The maximum Gasteiger partial charge on any atom is 0.256 e. The summed E-state index contributed by atoms with van der Waals surface area (Å²) >= 11 is 10.4. The molecule has 6 heteroatoms. The number of nitrogens with one attached hydrogen (secondary N) is 1. The van der Waals surface area contributed by atoms with Crippen LogP contribution in [0.15, 0.2) is 86.2 Å². The fraction of sp³-hybridized carbons (Fsp3) is 0. The number of hydrogen-bond acceptors (Lipinski definition) is 2. The van der Waals surface area contributed by atoms with Gasteiger partial charge in [-0.15, -0.1) is 0 Å². The molecule has 0 fully saturated rings. The zero-order valence-electron chi connectivity index (χ0n) is 14.4. The third kappa shape index (κ3) is 4.04. The molecule has 0 spiro atoms. The lowest BCUT2D eigenvalue weighted by molar-refractivity contribution is 0.102. The number of aromatic nitrogens is 1. The van der Waals surface area contributed by atoms with E-state index in [0.717, 1.165) is 35.6 Å². The van der Waals surface area contributed by atoms with Crippen LogP contribution in [0.25, 0.3) is 22.2 Å². The number of amides is 1. The molecule has 0 aliphatic carbocycles. The van der Waals surface area contributed by atoms with Crippen molar-refractivity contribution in [1.82, 2.24) is 4.98 Å². The highest BCUT2D eigenvalue weighted by atomic mass is 79.9. The maximum absolute atomic E-state index is 13.1. The minimum Gasteiger partial charge on any atom is -0.321 e. The van der Waals surface area contributed by atoms with Crippen LogP contribution in [0.4, 0.5) is 5.69 Å². The molecule has 1 N–H and O–H groups in total. The zero-order chi connectivity index (χ0) is 19.7. The van der Waals surface area contributed by atoms with Gasteiger partial charge < -0.3 is 5.32 Å². The predicted molar refractivity (Wildman–Crippen MR) is 125 cm³/mol. The first kappa shape index (κ1) is 19.3. The molecule has 0 unspecified atom stereocenters. The molecule has 0 radical (unpaired) electrons. The van der Waals surface area contributed by atoms with E-state index in [1.807, 2.05) is 72.8 Å². The van der Waals surface area contributed by atoms with Crippen molar-refractivity contribution in [3.63, 3.8) is 0 Å². The van der Waals surface area contributed by atoms with Gasteiger partial charge >= 0.3 is 0 Å². The Morgan fingerprint density at radius 2 is 1.61 bits per heavy atom. The number of fused-ring (bicyclic) bond motifs is 1. The molecule has 0 atom stereocenters. The van der Waals surface area contributed by atoms with Crippen molar-refractivity contribution in [2.45, 2.75) is 0 Å². The van der Waals surface area contributed by atoms with Crippen molar-refractivity contribution in [3.8, 4) is 11.3 Å². The zero-order valence-corrected chi connectivity index (χ0v) is 19.2. The van der Waals surface area contributed by atoms with Gasteiger partial charge in [0.15, 0.2) is 0 Å². The SMILES string of the molecule is O=C(Nc1ccc(Br)cc1Br)c1cc(-c2cccc(Br)c2)nc2ccccc12. The van der Waals surface area contributed by atoms with Crippen molar-refractivity contribution in [2.75, 3.05) is 5.32 Å². The van der Waals surface area contributed by atoms with E-state index in [9.17, 15) is 4.79 Å². The lowest BCUT2D eigenvalue weighted by atomic mass is 10.0. The van der Waals surface area contributed by atoms with Gasteiger partial charge in [0.25, 0.3) is 5.91 Å². The van der Waals surface area contributed by atoms with Crippen molar-refractivity contribution in [3.05, 3.63) is 91.8 Å². The van der Waals surface area contributed by atoms with Gasteiger partial charge in [0.05, 0.1) is 22.5 Å². The Morgan fingerprint density at radius 3 is 2.39 bits per heavy atom. The molecule has 4 rings (SSSR count). The van der Waals surface area contributed by atoms with E-state index in [1.54, 1.807) is 0 Å². The van der Waals surface area contributed by atoms with Crippen LogP contribution in [-0.2, 0) is 0 Å². The fourth-order valence-electron chi connectivity index (χ4n) is 2.94. The maximum atomic E-state index is 13.1. The number of para-hydroxylation sites is 1. The van der Waals surface area contributed by atoms with Crippen LogP contribution in [0, 0.1) is 0 Å². The number of halogens is 3. The molecule has 0 saturated heterocycles. The number of nitrogens with zero attached hydrogens (tertiary/aromatic N) is 1. The lowest BCUT2D eigenvalue weighted by Gasteiger charge is -2.12. The normalized spacial score (nSPS) is 10.8. The molecule has 138 valence electrons. The topological polar surface area (TPSA) is 42.0 Å². The smallest absolute Gasteiger partial charge is 0.256 e. The Kier molecular flexibility index (Phi) is 5.62. The van der Waals surface area contributed by atoms with E-state index in [-0.39, 0.29) is 5.91 Å². The van der Waals surface area contributed by atoms with E-state index < -0.39 is 0 Å². The summed E-state index contributed by atoms with van der Waals surface area (Å²) in [5, 5.41) is 3.80. The van der Waals surface area contributed by atoms with Gasteiger partial charge in [-0.1, -0.05) is 62.2 Å². The molecule has 0 aliphatic heterocycles. The molecule has 4 aromatic rings. The van der Waals surface area contributed by atoms with Gasteiger partial charge in [0, 0.05) is 24.4 Å². The molecule has 0 aliphatic rings. The van der Waals surface area contributed by atoms with Crippen LogP contribution in [0.3, 0.4) is 0 Å². The summed E-state index contributed by atoms with van der Waals surface area (Å²) in [6.45, 7) is 0. The number of carbonyl (C=O) groups excluding carboxylic acids is 1. The van der Waals surface area contributed by atoms with Crippen molar-refractivity contribution >= 4 is 70.3 Å². The first-order valence-corrected chi connectivity index (χ1v) is 10.8. The molecule has 0 bridgehead atoms. The van der Waals surface area contributed by atoms with Crippen LogP contribution in [0.1, 0.15) is 10.4 Å². The average molecular weight is 561 g/mol. The summed E-state index contributed by atoms with van der Waals surface area (Å²) in [5.41, 5.74) is 3.76. The van der Waals surface area contributed by atoms with Crippen LogP contribution < -0.4 is 5.32 Å². The van der Waals surface area contributed by atoms with Gasteiger partial charge in [0.2, 0.25) is 0 Å². The van der Waals surface area contributed by atoms with E-state index in [1.165, 1.54) is 0 Å². The van der Waals surface area contributed by atoms with E-state index in [4.69, 9.17) is 4.98 Å². The molecule has 28 heavy (non-hydrogen) atoms. The largest absolute Gasteiger partial charge is 0.321 e. The van der Waals surface area contributed by atoms with E-state index in [0.29, 0.717) is 11.3 Å². The van der Waals surface area contributed by atoms with Crippen LogP contribution in [0.5, 0.6) is 0 Å². The second kappa shape index (κ2) is 8.15. The molecule has 3 aromatic carbocycles. The first-order valence-electron chi connectivity index (χ1n) is 8.43. The Labute approximate surface area is 187 Å². The summed E-state index contributed by atoms with van der Waals surface area (Å²) in [5.74, 6) is -0.183. The summed E-state index contributed by atoms with van der Waals surface area (Å²) in [6, 6.07) is 23.0. The third-order valence-corrected chi connectivity index (χ3v) is 5.90. The Hall–Kier alpha value is -2.02. The summed E-state index contributed by atoms with van der Waals surface area (Å²) in [6.07, 6.45) is 0. The Morgan fingerprint density at radius 1 is 0.821 bits per heavy atom. The highest BCUT2D eigenvalue weighted by Crippen LogP contribution is 2.29. The highest BCUT2D eigenvalue weighted by Gasteiger charge is 2.15. The Balaban J connectivity index is 1.81. The standard InChI is InChI=1S/C22H13Br3N2O/c23-14-5-3-4-13(10-14)21-12-17(16-6-1-2-7-19(16)26-21)22(28)27-20-9-8-15(24)11-18(20)25/h1-12H,(H,27,28). The van der Waals surface area contributed by atoms with Gasteiger partial charge in [-0.25, -0.2) is 4.98 Å². The quantitative estimate of drug-likeness (QED) is 0.283. The van der Waals surface area contributed by atoms with Gasteiger partial charge in [-0.2, -0.15) is 0 Å². The second-order valence-corrected chi connectivity index (χ2v) is 8.85. The minimum absolute atomic E-state index is 0.183. The van der Waals surface area contributed by atoms with Crippen LogP contribution in [-0.4, -0.2) is 10.9 Å². The van der Waals surface area contributed by atoms with E-state index >= 15 is 0 Å². The van der Waals surface area contributed by atoms with Crippen LogP contribution in [0.2, 0.25) is 0 Å². The second-order valence-electron chi connectivity index (χ2n) is 6.16. The average Bonchev–Trinajstić information content (AvgIpc) is 2.69. The minimum atomic E-state index is -0.183. The number of anilines is 1. The third-order valence-electron chi connectivity index (χ3n) is 4.26. The van der Waals surface area contributed by atoms with Crippen molar-refractivity contribution < 1.29 is 4.79 Å². The summed E-state index contributed by atoms with van der Waals surface area (Å²) < 4.78 is 2.70.